The van der Waals surface area contributed by atoms with E-state index < -0.39 is 17.5 Å². The third-order valence-electron chi connectivity index (χ3n) is 6.56. The van der Waals surface area contributed by atoms with E-state index >= 15 is 0 Å². The molecule has 2 fully saturated rings. The van der Waals surface area contributed by atoms with Crippen LogP contribution in [0.3, 0.4) is 0 Å². The number of carbonyl (C=O) groups excluding carboxylic acids is 2. The lowest BCUT2D eigenvalue weighted by Crippen LogP contribution is -2.40. The molecule has 1 aromatic carbocycles. The van der Waals surface area contributed by atoms with Crippen LogP contribution in [-0.4, -0.2) is 43.5 Å². The maximum atomic E-state index is 14.2. The maximum absolute atomic E-state index is 14.2. The fraction of sp³-hybridized carbons (Fsp3) is 0.417. The predicted molar refractivity (Wildman–Crippen MR) is 121 cm³/mol. The number of nitrogens with one attached hydrogen (secondary N) is 1. The van der Waals surface area contributed by atoms with Crippen molar-refractivity contribution in [3.8, 4) is 11.6 Å². The SMILES string of the molecule is Cc1c(C(=O)N[C@H]2CC[C@H](Oc3nn(C4CC4)cc3C(N)=O)CC2)cnn1-c1ccc(F)cc1F. The summed E-state index contributed by atoms with van der Waals surface area (Å²) in [6, 6.07) is 3.45. The Morgan fingerprint density at radius 3 is 2.51 bits per heavy atom. The van der Waals surface area contributed by atoms with Crippen molar-refractivity contribution >= 4 is 11.8 Å². The largest absolute Gasteiger partial charge is 0.473 e. The summed E-state index contributed by atoms with van der Waals surface area (Å²) in [6.07, 6.45) is 7.69. The molecule has 35 heavy (non-hydrogen) atoms. The molecule has 2 amide bonds. The van der Waals surface area contributed by atoms with E-state index in [9.17, 15) is 18.4 Å². The van der Waals surface area contributed by atoms with Gasteiger partial charge in [-0.3, -0.25) is 14.3 Å². The highest BCUT2D eigenvalue weighted by molar-refractivity contribution is 5.95. The van der Waals surface area contributed by atoms with Crippen LogP contribution >= 0.6 is 0 Å². The molecule has 0 bridgehead atoms. The van der Waals surface area contributed by atoms with Crippen LogP contribution in [0.5, 0.6) is 5.88 Å². The Morgan fingerprint density at radius 2 is 1.86 bits per heavy atom. The summed E-state index contributed by atoms with van der Waals surface area (Å²) in [5.74, 6) is -2.05. The van der Waals surface area contributed by atoms with E-state index in [4.69, 9.17) is 10.5 Å². The minimum absolute atomic E-state index is 0.0627. The van der Waals surface area contributed by atoms with Gasteiger partial charge in [0.2, 0.25) is 5.88 Å². The first-order valence-electron chi connectivity index (χ1n) is 11.7. The zero-order chi connectivity index (χ0) is 24.7. The first kappa shape index (κ1) is 23.0. The van der Waals surface area contributed by atoms with E-state index in [1.54, 1.807) is 17.8 Å². The van der Waals surface area contributed by atoms with Crippen LogP contribution in [0.2, 0.25) is 0 Å². The van der Waals surface area contributed by atoms with Gasteiger partial charge in [0.15, 0.2) is 5.82 Å². The van der Waals surface area contributed by atoms with Crippen molar-refractivity contribution < 1.29 is 23.1 Å². The van der Waals surface area contributed by atoms with Gasteiger partial charge in [-0.2, -0.15) is 5.10 Å². The smallest absolute Gasteiger partial charge is 0.255 e. The lowest BCUT2D eigenvalue weighted by atomic mass is 9.92. The molecule has 2 heterocycles. The van der Waals surface area contributed by atoms with Gasteiger partial charge < -0.3 is 15.8 Å². The van der Waals surface area contributed by atoms with Crippen LogP contribution in [-0.2, 0) is 0 Å². The lowest BCUT2D eigenvalue weighted by Gasteiger charge is -2.29. The van der Waals surface area contributed by atoms with Crippen LogP contribution in [0.1, 0.15) is 71.0 Å². The van der Waals surface area contributed by atoms with Crippen LogP contribution in [0, 0.1) is 18.6 Å². The van der Waals surface area contributed by atoms with E-state index in [0.717, 1.165) is 25.0 Å². The quantitative estimate of drug-likeness (QED) is 0.534. The second kappa shape index (κ2) is 9.12. The van der Waals surface area contributed by atoms with Crippen LogP contribution < -0.4 is 15.8 Å². The molecule has 2 aromatic heterocycles. The summed E-state index contributed by atoms with van der Waals surface area (Å²) in [6.45, 7) is 1.66. The van der Waals surface area contributed by atoms with Gasteiger partial charge in [0.25, 0.3) is 11.8 Å². The first-order valence-corrected chi connectivity index (χ1v) is 11.7. The number of nitrogens with two attached hydrogens (primary N) is 1. The van der Waals surface area contributed by atoms with Gasteiger partial charge in [0, 0.05) is 18.3 Å². The molecular weight excluding hydrogens is 458 g/mol. The van der Waals surface area contributed by atoms with E-state index in [2.05, 4.69) is 15.5 Å². The molecule has 9 nitrogen and oxygen atoms in total. The number of halogens is 2. The Balaban J connectivity index is 1.19. The molecule has 0 saturated heterocycles. The summed E-state index contributed by atoms with van der Waals surface area (Å²) in [4.78, 5) is 24.6. The maximum Gasteiger partial charge on any atom is 0.255 e. The predicted octanol–water partition coefficient (Wildman–Crippen LogP) is 3.21. The number of hydrogen-bond donors (Lipinski definition) is 2. The Morgan fingerprint density at radius 1 is 1.11 bits per heavy atom. The average molecular weight is 485 g/mol. The molecule has 0 atom stereocenters. The van der Waals surface area contributed by atoms with E-state index in [1.165, 1.54) is 16.9 Å². The monoisotopic (exact) mass is 484 g/mol. The summed E-state index contributed by atoms with van der Waals surface area (Å²) in [5.41, 5.74) is 6.62. The third kappa shape index (κ3) is 4.75. The number of nitrogens with zero attached hydrogens (tertiary/aromatic N) is 4. The van der Waals surface area contributed by atoms with Crippen molar-refractivity contribution in [2.45, 2.75) is 63.6 Å². The topological polar surface area (TPSA) is 117 Å². The number of ether oxygens (including phenoxy) is 1. The normalized spacial score (nSPS) is 20.0. The number of amides is 2. The van der Waals surface area contributed by atoms with Gasteiger partial charge in [-0.25, -0.2) is 13.5 Å². The van der Waals surface area contributed by atoms with Gasteiger partial charge in [0.1, 0.15) is 23.2 Å². The highest BCUT2D eigenvalue weighted by Crippen LogP contribution is 2.36. The van der Waals surface area contributed by atoms with Crippen molar-refractivity contribution in [2.24, 2.45) is 5.73 Å². The van der Waals surface area contributed by atoms with Gasteiger partial charge in [-0.15, -0.1) is 5.10 Å². The number of aromatic nitrogens is 4. The fourth-order valence-electron chi connectivity index (χ4n) is 4.43. The summed E-state index contributed by atoms with van der Waals surface area (Å²) in [5, 5.41) is 11.5. The molecule has 2 aliphatic rings. The van der Waals surface area contributed by atoms with Crippen molar-refractivity contribution in [3.63, 3.8) is 0 Å². The highest BCUT2D eigenvalue weighted by atomic mass is 19.1. The highest BCUT2D eigenvalue weighted by Gasteiger charge is 2.30. The Labute approximate surface area is 200 Å². The zero-order valence-electron chi connectivity index (χ0n) is 19.2. The number of rotatable bonds is 7. The Bertz CT molecular complexity index is 1270. The molecule has 184 valence electrons. The van der Waals surface area contributed by atoms with E-state index in [1.807, 2.05) is 0 Å². The molecule has 3 N–H and O–H groups in total. The van der Waals surface area contributed by atoms with Gasteiger partial charge in [-0.05, 0) is 57.6 Å². The molecule has 0 spiro atoms. The number of hydrogen-bond acceptors (Lipinski definition) is 5. The minimum atomic E-state index is -0.761. The van der Waals surface area contributed by atoms with Gasteiger partial charge >= 0.3 is 0 Å². The average Bonchev–Trinajstić information content (AvgIpc) is 3.47. The zero-order valence-corrected chi connectivity index (χ0v) is 19.2. The first-order chi connectivity index (χ1) is 16.8. The standard InChI is InChI=1S/C24H26F2N6O3/c1-13-18(11-28-32(13)21-9-2-14(25)10-20(21)26)23(34)29-15-3-7-17(8-4-15)35-24-19(22(27)33)12-31(30-24)16-5-6-16/h2,9-12,15-17H,3-8H2,1H3,(H2,27,33)(H,29,34)/t15-,17-. The van der Waals surface area contributed by atoms with Crippen LogP contribution in [0.25, 0.3) is 5.69 Å². The molecule has 5 rings (SSSR count). The summed E-state index contributed by atoms with van der Waals surface area (Å²) >= 11 is 0. The molecule has 0 unspecified atom stereocenters. The molecule has 0 radical (unpaired) electrons. The Hall–Kier alpha value is -3.76. The molecule has 3 aromatic rings. The van der Waals surface area contributed by atoms with Crippen molar-refractivity contribution in [1.29, 1.82) is 0 Å². The third-order valence-corrected chi connectivity index (χ3v) is 6.56. The lowest BCUT2D eigenvalue weighted by molar-refractivity contribution is 0.0880. The second-order valence-electron chi connectivity index (χ2n) is 9.14. The summed E-state index contributed by atoms with van der Waals surface area (Å²) in [7, 11) is 0. The summed E-state index contributed by atoms with van der Waals surface area (Å²) < 4.78 is 36.4. The van der Waals surface area contributed by atoms with Gasteiger partial charge in [0.05, 0.1) is 23.5 Å². The van der Waals surface area contributed by atoms with Crippen LogP contribution in [0.15, 0.2) is 30.6 Å². The fourth-order valence-corrected chi connectivity index (χ4v) is 4.43. The molecular formula is C24H26F2N6O3. The van der Waals surface area contributed by atoms with E-state index in [-0.39, 0.29) is 35.2 Å². The van der Waals surface area contributed by atoms with Gasteiger partial charge in [-0.1, -0.05) is 0 Å². The second-order valence-corrected chi connectivity index (χ2v) is 9.14. The molecule has 2 aliphatic carbocycles. The van der Waals surface area contributed by atoms with Crippen molar-refractivity contribution in [1.82, 2.24) is 24.9 Å². The van der Waals surface area contributed by atoms with Crippen molar-refractivity contribution in [3.05, 3.63) is 59.0 Å². The number of carbonyl (C=O) groups is 2. The molecule has 2 saturated carbocycles. The van der Waals surface area contributed by atoms with Crippen LogP contribution in [0.4, 0.5) is 8.78 Å². The van der Waals surface area contributed by atoms with Crippen molar-refractivity contribution in [2.75, 3.05) is 0 Å². The molecule has 0 aliphatic heterocycles. The minimum Gasteiger partial charge on any atom is -0.473 e. The Kier molecular flexibility index (Phi) is 6.00. The number of primary amides is 1. The van der Waals surface area contributed by atoms with E-state index in [0.29, 0.717) is 43.0 Å². The number of benzene rings is 1. The molecule has 11 heteroatoms.